The number of hydrogen-bond donors (Lipinski definition) is 1. The molecule has 1 aromatic carbocycles. The lowest BCUT2D eigenvalue weighted by Crippen LogP contribution is -2.24. The topological polar surface area (TPSA) is 77.0 Å². The molecule has 1 amide bonds. The SMILES string of the molecule is C=C(C(N)=O)C1CCN(c2nn(-c3ccc(C(F)(F)F)cc3)c3ncc(C)cc23)C1. The summed E-state index contributed by atoms with van der Waals surface area (Å²) in [7, 11) is 0. The predicted octanol–water partition coefficient (Wildman–Crippen LogP) is 3.62. The number of carbonyl (C=O) groups is 1. The molecule has 156 valence electrons. The summed E-state index contributed by atoms with van der Waals surface area (Å²) in [5.41, 5.74) is 7.00. The largest absolute Gasteiger partial charge is 0.416 e. The summed E-state index contributed by atoms with van der Waals surface area (Å²) in [5.74, 6) is 0.0897. The van der Waals surface area contributed by atoms with Gasteiger partial charge in [-0.05, 0) is 49.2 Å². The molecule has 9 heteroatoms. The van der Waals surface area contributed by atoms with Crippen LogP contribution < -0.4 is 10.6 Å². The quantitative estimate of drug-likeness (QED) is 0.661. The number of nitrogens with two attached hydrogens (primary N) is 1. The Bertz CT molecular complexity index is 1130. The molecule has 6 nitrogen and oxygen atoms in total. The van der Waals surface area contributed by atoms with Gasteiger partial charge in [-0.25, -0.2) is 9.67 Å². The molecule has 4 rings (SSSR count). The van der Waals surface area contributed by atoms with Crippen molar-refractivity contribution in [3.8, 4) is 5.69 Å². The first-order chi connectivity index (χ1) is 14.1. The third-order valence-electron chi connectivity index (χ3n) is 5.38. The van der Waals surface area contributed by atoms with E-state index in [0.717, 1.165) is 29.5 Å². The van der Waals surface area contributed by atoms with Crippen molar-refractivity contribution < 1.29 is 18.0 Å². The second-order valence-electron chi connectivity index (χ2n) is 7.48. The zero-order valence-electron chi connectivity index (χ0n) is 16.3. The van der Waals surface area contributed by atoms with E-state index in [9.17, 15) is 18.0 Å². The van der Waals surface area contributed by atoms with Gasteiger partial charge in [0.05, 0.1) is 16.6 Å². The van der Waals surface area contributed by atoms with E-state index in [1.54, 1.807) is 10.9 Å². The zero-order valence-corrected chi connectivity index (χ0v) is 16.3. The van der Waals surface area contributed by atoms with E-state index in [4.69, 9.17) is 5.73 Å². The van der Waals surface area contributed by atoms with Gasteiger partial charge in [0.15, 0.2) is 11.5 Å². The van der Waals surface area contributed by atoms with Crippen LogP contribution in [0.15, 0.2) is 48.7 Å². The number of halogens is 3. The number of benzene rings is 1. The molecule has 0 spiro atoms. The summed E-state index contributed by atoms with van der Waals surface area (Å²) in [6.45, 7) is 6.89. The molecule has 0 aliphatic carbocycles. The molecule has 2 N–H and O–H groups in total. The fourth-order valence-electron chi connectivity index (χ4n) is 3.73. The van der Waals surface area contributed by atoms with E-state index < -0.39 is 17.6 Å². The van der Waals surface area contributed by atoms with Crippen LogP contribution in [0.2, 0.25) is 0 Å². The van der Waals surface area contributed by atoms with Crippen LogP contribution >= 0.6 is 0 Å². The number of aromatic nitrogens is 3. The Labute approximate surface area is 170 Å². The van der Waals surface area contributed by atoms with E-state index in [1.807, 2.05) is 17.9 Å². The fourth-order valence-corrected chi connectivity index (χ4v) is 3.73. The van der Waals surface area contributed by atoms with E-state index in [-0.39, 0.29) is 5.92 Å². The fraction of sp³-hybridized carbons (Fsp3) is 0.286. The summed E-state index contributed by atoms with van der Waals surface area (Å²) in [5, 5.41) is 5.46. The highest BCUT2D eigenvalue weighted by molar-refractivity contribution is 5.93. The minimum absolute atomic E-state index is 0.0634. The maximum atomic E-state index is 12.9. The third kappa shape index (κ3) is 3.51. The van der Waals surface area contributed by atoms with Gasteiger partial charge in [0, 0.05) is 30.8 Å². The van der Waals surface area contributed by atoms with Crippen molar-refractivity contribution in [1.82, 2.24) is 14.8 Å². The second-order valence-corrected chi connectivity index (χ2v) is 7.48. The standard InChI is InChI=1S/C21H20F3N5O/c1-12-9-17-19(26-10-12)29(16-5-3-15(4-6-16)21(22,23)24)27-20(17)28-8-7-14(11-28)13(2)18(25)30/h3-6,9-10,14H,2,7-8,11H2,1H3,(H2,25,30). The van der Waals surface area contributed by atoms with Crippen LogP contribution in [0.5, 0.6) is 0 Å². The molecule has 3 aromatic rings. The molecule has 1 unspecified atom stereocenters. The number of amides is 1. The maximum absolute atomic E-state index is 12.9. The average molecular weight is 415 g/mol. The number of rotatable bonds is 4. The lowest BCUT2D eigenvalue weighted by molar-refractivity contribution is -0.137. The number of pyridine rings is 1. The monoisotopic (exact) mass is 415 g/mol. The lowest BCUT2D eigenvalue weighted by atomic mass is 9.99. The first-order valence-corrected chi connectivity index (χ1v) is 9.41. The zero-order chi connectivity index (χ0) is 21.6. The third-order valence-corrected chi connectivity index (χ3v) is 5.38. The van der Waals surface area contributed by atoms with E-state index in [0.29, 0.717) is 35.8 Å². The Morgan fingerprint density at radius 2 is 1.97 bits per heavy atom. The molecule has 30 heavy (non-hydrogen) atoms. The van der Waals surface area contributed by atoms with Crippen LogP contribution in [0, 0.1) is 12.8 Å². The van der Waals surface area contributed by atoms with Gasteiger partial charge in [-0.3, -0.25) is 4.79 Å². The first kappa shape index (κ1) is 19.9. The van der Waals surface area contributed by atoms with Crippen LogP contribution in [0.4, 0.5) is 19.0 Å². The van der Waals surface area contributed by atoms with E-state index >= 15 is 0 Å². The average Bonchev–Trinajstić information content (AvgIpc) is 3.31. The normalized spacial score (nSPS) is 16.9. The van der Waals surface area contributed by atoms with Gasteiger partial charge in [0.2, 0.25) is 5.91 Å². The van der Waals surface area contributed by atoms with Crippen LogP contribution in [-0.4, -0.2) is 33.8 Å². The number of anilines is 1. The van der Waals surface area contributed by atoms with Crippen LogP contribution in [0.3, 0.4) is 0 Å². The predicted molar refractivity (Wildman–Crippen MR) is 107 cm³/mol. The van der Waals surface area contributed by atoms with Gasteiger partial charge in [0.1, 0.15) is 0 Å². The molecule has 0 radical (unpaired) electrons. The molecule has 1 saturated heterocycles. The first-order valence-electron chi connectivity index (χ1n) is 9.41. The second kappa shape index (κ2) is 7.16. The summed E-state index contributed by atoms with van der Waals surface area (Å²) in [6.07, 6.45) is -2.00. The molecule has 1 fully saturated rings. The van der Waals surface area contributed by atoms with E-state index in [1.165, 1.54) is 12.1 Å². The van der Waals surface area contributed by atoms with Crippen molar-refractivity contribution in [3.63, 3.8) is 0 Å². The Morgan fingerprint density at radius 3 is 2.60 bits per heavy atom. The summed E-state index contributed by atoms with van der Waals surface area (Å²) >= 11 is 0. The Kier molecular flexibility index (Phi) is 4.76. The summed E-state index contributed by atoms with van der Waals surface area (Å²) in [4.78, 5) is 18.0. The number of primary amides is 1. The molecular formula is C21H20F3N5O. The highest BCUT2D eigenvalue weighted by atomic mass is 19.4. The lowest BCUT2D eigenvalue weighted by Gasteiger charge is -2.16. The summed E-state index contributed by atoms with van der Waals surface area (Å²) < 4.78 is 40.3. The smallest absolute Gasteiger partial charge is 0.366 e. The van der Waals surface area contributed by atoms with Gasteiger partial charge in [-0.1, -0.05) is 6.58 Å². The Morgan fingerprint density at radius 1 is 1.27 bits per heavy atom. The van der Waals surface area contributed by atoms with Crippen molar-refractivity contribution in [3.05, 3.63) is 59.8 Å². The Balaban J connectivity index is 1.75. The highest BCUT2D eigenvalue weighted by Gasteiger charge is 2.31. The van der Waals surface area contributed by atoms with Gasteiger partial charge in [-0.15, -0.1) is 5.10 Å². The van der Waals surface area contributed by atoms with Crippen molar-refractivity contribution in [2.24, 2.45) is 11.7 Å². The molecular weight excluding hydrogens is 395 g/mol. The van der Waals surface area contributed by atoms with Crippen molar-refractivity contribution in [2.45, 2.75) is 19.5 Å². The molecule has 1 aliphatic rings. The molecule has 3 heterocycles. The number of aryl methyl sites for hydroxylation is 1. The van der Waals surface area contributed by atoms with Gasteiger partial charge >= 0.3 is 6.18 Å². The highest BCUT2D eigenvalue weighted by Crippen LogP contribution is 2.34. The van der Waals surface area contributed by atoms with Crippen LogP contribution in [-0.2, 0) is 11.0 Å². The summed E-state index contributed by atoms with van der Waals surface area (Å²) in [6, 6.07) is 6.75. The number of hydrogen-bond acceptors (Lipinski definition) is 4. The molecule has 0 saturated carbocycles. The minimum atomic E-state index is -4.40. The van der Waals surface area contributed by atoms with Crippen LogP contribution in [0.25, 0.3) is 16.7 Å². The maximum Gasteiger partial charge on any atom is 0.416 e. The number of nitrogens with zero attached hydrogens (tertiary/aromatic N) is 4. The number of alkyl halides is 3. The molecule has 0 bridgehead atoms. The molecule has 1 aliphatic heterocycles. The van der Waals surface area contributed by atoms with Crippen LogP contribution in [0.1, 0.15) is 17.5 Å². The molecule has 2 aromatic heterocycles. The van der Waals surface area contributed by atoms with Gasteiger partial charge in [0.25, 0.3) is 0 Å². The number of fused-ring (bicyclic) bond motifs is 1. The Hall–Kier alpha value is -3.36. The van der Waals surface area contributed by atoms with Gasteiger partial charge in [-0.2, -0.15) is 13.2 Å². The van der Waals surface area contributed by atoms with Crippen molar-refractivity contribution in [1.29, 1.82) is 0 Å². The minimum Gasteiger partial charge on any atom is -0.366 e. The molecule has 1 atom stereocenters. The van der Waals surface area contributed by atoms with Gasteiger partial charge < -0.3 is 10.6 Å². The van der Waals surface area contributed by atoms with Crippen molar-refractivity contribution >= 4 is 22.8 Å². The number of carbonyl (C=O) groups excluding carboxylic acids is 1. The van der Waals surface area contributed by atoms with Crippen molar-refractivity contribution in [2.75, 3.05) is 18.0 Å². The van der Waals surface area contributed by atoms with E-state index in [2.05, 4.69) is 16.7 Å².